The molecule has 0 aliphatic carbocycles. The van der Waals surface area contributed by atoms with E-state index in [9.17, 15) is 41.4 Å². The number of ether oxygens (including phenoxy) is 2. The molecule has 2 amide bonds. The van der Waals surface area contributed by atoms with Gasteiger partial charge >= 0.3 is 18.8 Å². The Kier molecular flexibility index (Phi) is 7.89. The molecule has 1 heterocycles. The third kappa shape index (κ3) is 6.88. The molecule has 35 heavy (non-hydrogen) atoms. The summed E-state index contributed by atoms with van der Waals surface area (Å²) in [4.78, 5) is 36.9. The minimum Gasteiger partial charge on any atom is -0.480 e. The molecule has 2 aromatic rings. The van der Waals surface area contributed by atoms with Gasteiger partial charge in [-0.3, -0.25) is 9.59 Å². The molecule has 13 heteroatoms. The monoisotopic (exact) mass is 502 g/mol. The Morgan fingerprint density at radius 3 is 2.11 bits per heavy atom. The highest BCUT2D eigenvalue weighted by Gasteiger charge is 2.41. The standard InChI is InChI=1S/C22H19F5N2O6/c23-21(24)35-16-9-17(20(32)33)29(11-16)18(30)10-28-19(31)12-1-5-14(6-2-12)34-15-7-3-13(4-8-15)22(25,26)27/h1-8,16-17,21H,9-11H2,(H,28,31)(H,32,33)/t16-,17+/m1/s1. The molecule has 0 bridgehead atoms. The van der Waals surface area contributed by atoms with Crippen molar-refractivity contribution >= 4 is 17.8 Å². The number of alkyl halides is 5. The minimum absolute atomic E-state index is 0.118. The largest absolute Gasteiger partial charge is 0.480 e. The molecule has 1 saturated heterocycles. The van der Waals surface area contributed by atoms with Crippen LogP contribution in [0.5, 0.6) is 11.5 Å². The quantitative estimate of drug-likeness (QED) is 0.536. The SMILES string of the molecule is O=C(NCC(=O)N1C[C@H](OC(F)F)C[C@H]1C(=O)O)c1ccc(Oc2ccc(C(F)(F)F)cc2)cc1. The number of aliphatic carboxylic acids is 1. The molecule has 8 nitrogen and oxygen atoms in total. The van der Waals surface area contributed by atoms with Crippen LogP contribution in [0.25, 0.3) is 0 Å². The maximum absolute atomic E-state index is 12.6. The highest BCUT2D eigenvalue weighted by atomic mass is 19.4. The molecule has 2 aromatic carbocycles. The molecular formula is C22H19F5N2O6. The number of likely N-dealkylation sites (tertiary alicyclic amines) is 1. The fourth-order valence-corrected chi connectivity index (χ4v) is 3.43. The van der Waals surface area contributed by atoms with Crippen LogP contribution in [0.4, 0.5) is 22.0 Å². The third-order valence-electron chi connectivity index (χ3n) is 5.10. The molecule has 0 spiro atoms. The first-order valence-corrected chi connectivity index (χ1v) is 10.1. The molecule has 0 aromatic heterocycles. The minimum atomic E-state index is -4.47. The van der Waals surface area contributed by atoms with Gasteiger partial charge in [0.15, 0.2) is 0 Å². The summed E-state index contributed by atoms with van der Waals surface area (Å²) in [6.45, 7) is -4.05. The van der Waals surface area contributed by atoms with E-state index in [1.54, 1.807) is 0 Å². The summed E-state index contributed by atoms with van der Waals surface area (Å²) in [6, 6.07) is 8.15. The lowest BCUT2D eigenvalue weighted by Crippen LogP contribution is -2.45. The van der Waals surface area contributed by atoms with Crippen LogP contribution in [-0.2, 0) is 20.5 Å². The van der Waals surface area contributed by atoms with Crippen LogP contribution in [0, 0.1) is 0 Å². The second kappa shape index (κ2) is 10.7. The van der Waals surface area contributed by atoms with E-state index in [1.165, 1.54) is 24.3 Å². The van der Waals surface area contributed by atoms with E-state index in [2.05, 4.69) is 10.1 Å². The molecule has 188 valence electrons. The number of carbonyl (C=O) groups is 3. The van der Waals surface area contributed by atoms with Crippen LogP contribution in [0.1, 0.15) is 22.3 Å². The molecule has 2 atom stereocenters. The highest BCUT2D eigenvalue weighted by Crippen LogP contribution is 2.31. The average molecular weight is 502 g/mol. The van der Waals surface area contributed by atoms with E-state index in [-0.39, 0.29) is 30.0 Å². The van der Waals surface area contributed by atoms with E-state index < -0.39 is 54.8 Å². The number of rotatable bonds is 8. The molecule has 1 aliphatic rings. The zero-order valence-corrected chi connectivity index (χ0v) is 17.8. The van der Waals surface area contributed by atoms with Crippen molar-refractivity contribution in [3.05, 3.63) is 59.7 Å². The maximum atomic E-state index is 12.6. The molecule has 0 radical (unpaired) electrons. The van der Waals surface area contributed by atoms with Crippen molar-refractivity contribution in [3.8, 4) is 11.5 Å². The topological polar surface area (TPSA) is 105 Å². The smallest absolute Gasteiger partial charge is 0.416 e. The van der Waals surface area contributed by atoms with Crippen LogP contribution in [0.15, 0.2) is 48.5 Å². The van der Waals surface area contributed by atoms with Gasteiger partial charge in [0, 0.05) is 18.5 Å². The van der Waals surface area contributed by atoms with Crippen LogP contribution >= 0.6 is 0 Å². The van der Waals surface area contributed by atoms with Gasteiger partial charge in [0.05, 0.1) is 18.2 Å². The Hall–Kier alpha value is -3.74. The summed E-state index contributed by atoms with van der Waals surface area (Å²) in [5.41, 5.74) is -0.709. The Morgan fingerprint density at radius 2 is 1.60 bits per heavy atom. The van der Waals surface area contributed by atoms with Crippen molar-refractivity contribution in [1.29, 1.82) is 0 Å². The molecular weight excluding hydrogens is 483 g/mol. The van der Waals surface area contributed by atoms with E-state index in [1.807, 2.05) is 0 Å². The Balaban J connectivity index is 1.54. The first kappa shape index (κ1) is 25.9. The number of hydrogen-bond acceptors (Lipinski definition) is 5. The summed E-state index contributed by atoms with van der Waals surface area (Å²) >= 11 is 0. The number of halogens is 5. The molecule has 1 fully saturated rings. The van der Waals surface area contributed by atoms with Crippen molar-refractivity contribution in [2.24, 2.45) is 0 Å². The van der Waals surface area contributed by atoms with Crippen molar-refractivity contribution in [2.45, 2.75) is 31.4 Å². The highest BCUT2D eigenvalue weighted by molar-refractivity contribution is 5.97. The summed E-state index contributed by atoms with van der Waals surface area (Å²) < 4.78 is 72.4. The van der Waals surface area contributed by atoms with Crippen molar-refractivity contribution in [1.82, 2.24) is 10.2 Å². The van der Waals surface area contributed by atoms with Crippen LogP contribution in [0.3, 0.4) is 0 Å². The number of benzene rings is 2. The van der Waals surface area contributed by atoms with Gasteiger partial charge in [0.25, 0.3) is 5.91 Å². The van der Waals surface area contributed by atoms with Gasteiger partial charge in [-0.05, 0) is 48.5 Å². The van der Waals surface area contributed by atoms with Gasteiger partial charge in [0.1, 0.15) is 17.5 Å². The summed E-state index contributed by atoms with van der Waals surface area (Å²) in [5.74, 6) is -2.45. The lowest BCUT2D eigenvalue weighted by atomic mass is 10.2. The van der Waals surface area contributed by atoms with Crippen LogP contribution < -0.4 is 10.1 Å². The van der Waals surface area contributed by atoms with Gasteiger partial charge in [-0.1, -0.05) is 0 Å². The van der Waals surface area contributed by atoms with Crippen LogP contribution in [0.2, 0.25) is 0 Å². The number of nitrogens with one attached hydrogen (secondary N) is 1. The number of hydrogen-bond donors (Lipinski definition) is 2. The predicted octanol–water partition coefficient (Wildman–Crippen LogP) is 3.52. The zero-order valence-electron chi connectivity index (χ0n) is 17.8. The van der Waals surface area contributed by atoms with Gasteiger partial charge in [0.2, 0.25) is 5.91 Å². The number of carbonyl (C=O) groups excluding carboxylic acids is 2. The van der Waals surface area contributed by atoms with Crippen LogP contribution in [-0.4, -0.2) is 59.6 Å². The van der Waals surface area contributed by atoms with Crippen molar-refractivity contribution in [3.63, 3.8) is 0 Å². The summed E-state index contributed by atoms with van der Waals surface area (Å²) in [5, 5.41) is 11.6. The predicted molar refractivity (Wildman–Crippen MR) is 109 cm³/mol. The second-order valence-electron chi connectivity index (χ2n) is 7.49. The fourth-order valence-electron chi connectivity index (χ4n) is 3.43. The molecule has 0 unspecified atom stereocenters. The molecule has 2 N–H and O–H groups in total. The first-order valence-electron chi connectivity index (χ1n) is 10.1. The Morgan fingerprint density at radius 1 is 1.03 bits per heavy atom. The lowest BCUT2D eigenvalue weighted by Gasteiger charge is -2.21. The fraction of sp³-hybridized carbons (Fsp3) is 0.318. The van der Waals surface area contributed by atoms with Gasteiger partial charge in [-0.25, -0.2) is 4.79 Å². The van der Waals surface area contributed by atoms with Gasteiger partial charge in [-0.2, -0.15) is 22.0 Å². The van der Waals surface area contributed by atoms with Gasteiger partial charge < -0.3 is 24.8 Å². The zero-order chi connectivity index (χ0) is 25.8. The lowest BCUT2D eigenvalue weighted by molar-refractivity contribution is -0.160. The average Bonchev–Trinajstić information content (AvgIpc) is 3.21. The summed E-state index contributed by atoms with van der Waals surface area (Å²) in [6.07, 6.45) is -5.92. The Labute approximate surface area is 195 Å². The second-order valence-corrected chi connectivity index (χ2v) is 7.49. The molecule has 1 aliphatic heterocycles. The number of amides is 2. The van der Waals surface area contributed by atoms with E-state index in [0.29, 0.717) is 0 Å². The van der Waals surface area contributed by atoms with Crippen molar-refractivity contribution < 1.29 is 50.9 Å². The van der Waals surface area contributed by atoms with Gasteiger partial charge in [-0.15, -0.1) is 0 Å². The first-order chi connectivity index (χ1) is 16.4. The van der Waals surface area contributed by atoms with Crippen molar-refractivity contribution in [2.75, 3.05) is 13.1 Å². The Bertz CT molecular complexity index is 1060. The maximum Gasteiger partial charge on any atom is 0.416 e. The molecule has 0 saturated carbocycles. The molecule has 3 rings (SSSR count). The van der Waals surface area contributed by atoms with E-state index in [0.717, 1.165) is 29.2 Å². The summed E-state index contributed by atoms with van der Waals surface area (Å²) in [7, 11) is 0. The third-order valence-corrected chi connectivity index (χ3v) is 5.10. The normalized spacial score (nSPS) is 17.9. The van der Waals surface area contributed by atoms with E-state index in [4.69, 9.17) is 4.74 Å². The number of nitrogens with zero attached hydrogens (tertiary/aromatic N) is 1. The van der Waals surface area contributed by atoms with E-state index >= 15 is 0 Å². The number of carboxylic acid groups (broad SMARTS) is 1. The number of carboxylic acids is 1.